The molecule has 0 radical (unpaired) electrons. The van der Waals surface area contributed by atoms with Crippen molar-refractivity contribution >= 4 is 11.6 Å². The van der Waals surface area contributed by atoms with Crippen LogP contribution in [0.4, 0.5) is 0 Å². The number of nitrogens with zero attached hydrogens (tertiary/aromatic N) is 2. The van der Waals surface area contributed by atoms with Gasteiger partial charge in [0.1, 0.15) is 11.3 Å². The molecule has 2 rings (SSSR count). The van der Waals surface area contributed by atoms with Crippen molar-refractivity contribution in [3.8, 4) is 0 Å². The highest BCUT2D eigenvalue weighted by Gasteiger charge is 2.28. The van der Waals surface area contributed by atoms with E-state index < -0.39 is 0 Å². The van der Waals surface area contributed by atoms with Crippen LogP contribution in [0.25, 0.3) is 0 Å². The summed E-state index contributed by atoms with van der Waals surface area (Å²) in [5.41, 5.74) is 1.07. The summed E-state index contributed by atoms with van der Waals surface area (Å²) in [5, 5.41) is 0.530. The van der Waals surface area contributed by atoms with Crippen molar-refractivity contribution in [1.82, 2.24) is 9.97 Å². The Kier molecular flexibility index (Phi) is 4.00. The summed E-state index contributed by atoms with van der Waals surface area (Å²) in [6.07, 6.45) is 2.37. The zero-order chi connectivity index (χ0) is 12.4. The van der Waals surface area contributed by atoms with Crippen LogP contribution >= 0.6 is 11.6 Å². The SMILES string of the molecule is CCOC(c1nc(Cl)cc(C2CC2)n1)C(C)C. The lowest BCUT2D eigenvalue weighted by Gasteiger charge is -2.20. The molecule has 1 saturated carbocycles. The van der Waals surface area contributed by atoms with Gasteiger partial charge in [-0.3, -0.25) is 0 Å². The smallest absolute Gasteiger partial charge is 0.159 e. The van der Waals surface area contributed by atoms with Crippen molar-refractivity contribution in [3.05, 3.63) is 22.7 Å². The van der Waals surface area contributed by atoms with E-state index >= 15 is 0 Å². The van der Waals surface area contributed by atoms with Gasteiger partial charge in [0.05, 0.1) is 0 Å². The summed E-state index contributed by atoms with van der Waals surface area (Å²) in [6, 6.07) is 1.88. The third-order valence-electron chi connectivity index (χ3n) is 2.93. The fraction of sp³-hybridized carbons (Fsp3) is 0.692. The first-order valence-corrected chi connectivity index (χ1v) is 6.65. The minimum Gasteiger partial charge on any atom is -0.370 e. The number of hydrogen-bond acceptors (Lipinski definition) is 3. The number of aromatic nitrogens is 2. The molecule has 1 atom stereocenters. The van der Waals surface area contributed by atoms with Crippen LogP contribution in [-0.4, -0.2) is 16.6 Å². The van der Waals surface area contributed by atoms with Gasteiger partial charge in [0, 0.05) is 18.2 Å². The molecule has 4 heteroatoms. The third kappa shape index (κ3) is 3.17. The first kappa shape index (κ1) is 12.8. The summed E-state index contributed by atoms with van der Waals surface area (Å²) in [5.74, 6) is 1.67. The molecule has 1 heterocycles. The van der Waals surface area contributed by atoms with Gasteiger partial charge in [0.15, 0.2) is 5.82 Å². The predicted molar refractivity (Wildman–Crippen MR) is 68.2 cm³/mol. The van der Waals surface area contributed by atoms with Gasteiger partial charge in [-0.2, -0.15) is 0 Å². The van der Waals surface area contributed by atoms with E-state index in [1.165, 1.54) is 12.8 Å². The average molecular weight is 255 g/mol. The molecule has 1 fully saturated rings. The summed E-state index contributed by atoms with van der Waals surface area (Å²) in [7, 11) is 0. The molecule has 1 aliphatic rings. The maximum absolute atomic E-state index is 6.06. The van der Waals surface area contributed by atoms with Crippen molar-refractivity contribution < 1.29 is 4.74 Å². The van der Waals surface area contributed by atoms with E-state index in [2.05, 4.69) is 23.8 Å². The minimum absolute atomic E-state index is 0.0591. The standard InChI is InChI=1S/C13H19ClN2O/c1-4-17-12(8(2)3)13-15-10(9-5-6-9)7-11(14)16-13/h7-9,12H,4-6H2,1-3H3. The Bertz CT molecular complexity index is 391. The molecule has 0 bridgehead atoms. The fourth-order valence-electron chi connectivity index (χ4n) is 1.91. The van der Waals surface area contributed by atoms with E-state index in [9.17, 15) is 0 Å². The molecule has 0 N–H and O–H groups in total. The van der Waals surface area contributed by atoms with Gasteiger partial charge in [0.25, 0.3) is 0 Å². The molecule has 1 unspecified atom stereocenters. The highest BCUT2D eigenvalue weighted by molar-refractivity contribution is 6.29. The maximum atomic E-state index is 6.06. The molecule has 0 aliphatic heterocycles. The van der Waals surface area contributed by atoms with Crippen molar-refractivity contribution in [2.45, 2.75) is 45.6 Å². The van der Waals surface area contributed by atoms with E-state index in [1.54, 1.807) is 0 Å². The number of ether oxygens (including phenoxy) is 1. The van der Waals surface area contributed by atoms with E-state index in [-0.39, 0.29) is 6.10 Å². The second-order valence-corrected chi connectivity index (χ2v) is 5.26. The van der Waals surface area contributed by atoms with Gasteiger partial charge in [-0.15, -0.1) is 0 Å². The van der Waals surface area contributed by atoms with Crippen molar-refractivity contribution in [1.29, 1.82) is 0 Å². The lowest BCUT2D eigenvalue weighted by Crippen LogP contribution is -2.15. The minimum atomic E-state index is -0.0591. The van der Waals surface area contributed by atoms with E-state index in [1.807, 2.05) is 13.0 Å². The Morgan fingerprint density at radius 2 is 2.12 bits per heavy atom. The van der Waals surface area contributed by atoms with Crippen LogP contribution in [0, 0.1) is 5.92 Å². The summed E-state index contributed by atoms with van der Waals surface area (Å²) < 4.78 is 5.72. The van der Waals surface area contributed by atoms with Gasteiger partial charge in [-0.05, 0) is 31.7 Å². The van der Waals surface area contributed by atoms with Crippen LogP contribution in [0.3, 0.4) is 0 Å². The molecule has 1 aliphatic carbocycles. The van der Waals surface area contributed by atoms with Crippen molar-refractivity contribution in [2.24, 2.45) is 5.92 Å². The van der Waals surface area contributed by atoms with Gasteiger partial charge in [0.2, 0.25) is 0 Å². The van der Waals surface area contributed by atoms with E-state index in [0.717, 1.165) is 11.5 Å². The molecule has 0 spiro atoms. The second-order valence-electron chi connectivity index (χ2n) is 4.87. The lowest BCUT2D eigenvalue weighted by atomic mass is 10.1. The molecule has 17 heavy (non-hydrogen) atoms. The Morgan fingerprint density at radius 1 is 1.41 bits per heavy atom. The summed E-state index contributed by atoms with van der Waals surface area (Å²) in [4.78, 5) is 8.93. The van der Waals surface area contributed by atoms with Gasteiger partial charge in [-0.1, -0.05) is 25.4 Å². The Labute approximate surface area is 108 Å². The Morgan fingerprint density at radius 3 is 2.65 bits per heavy atom. The zero-order valence-corrected chi connectivity index (χ0v) is 11.4. The largest absolute Gasteiger partial charge is 0.370 e. The highest BCUT2D eigenvalue weighted by Crippen LogP contribution is 2.40. The third-order valence-corrected chi connectivity index (χ3v) is 3.13. The molecule has 1 aromatic heterocycles. The molecule has 0 saturated heterocycles. The second kappa shape index (κ2) is 5.32. The van der Waals surface area contributed by atoms with Gasteiger partial charge < -0.3 is 4.74 Å². The Hall–Kier alpha value is -0.670. The normalized spacial score (nSPS) is 17.5. The van der Waals surface area contributed by atoms with Gasteiger partial charge in [-0.25, -0.2) is 9.97 Å². The molecular formula is C13H19ClN2O. The number of hydrogen-bond donors (Lipinski definition) is 0. The van der Waals surface area contributed by atoms with Crippen LogP contribution in [0.1, 0.15) is 57.2 Å². The quantitative estimate of drug-likeness (QED) is 0.751. The van der Waals surface area contributed by atoms with Crippen LogP contribution in [-0.2, 0) is 4.74 Å². The monoisotopic (exact) mass is 254 g/mol. The average Bonchev–Trinajstić information content (AvgIpc) is 3.08. The molecular weight excluding hydrogens is 236 g/mol. The van der Waals surface area contributed by atoms with Crippen LogP contribution in [0.5, 0.6) is 0 Å². The molecule has 3 nitrogen and oxygen atoms in total. The van der Waals surface area contributed by atoms with E-state index in [4.69, 9.17) is 16.3 Å². The van der Waals surface area contributed by atoms with Gasteiger partial charge >= 0.3 is 0 Å². The summed E-state index contributed by atoms with van der Waals surface area (Å²) >= 11 is 6.06. The molecule has 0 aromatic carbocycles. The number of rotatable bonds is 5. The van der Waals surface area contributed by atoms with E-state index in [0.29, 0.717) is 23.6 Å². The van der Waals surface area contributed by atoms with Crippen LogP contribution in [0.15, 0.2) is 6.07 Å². The summed E-state index contributed by atoms with van der Waals surface area (Å²) in [6.45, 7) is 6.88. The maximum Gasteiger partial charge on any atom is 0.159 e. The zero-order valence-electron chi connectivity index (χ0n) is 10.6. The first-order valence-electron chi connectivity index (χ1n) is 6.27. The molecule has 94 valence electrons. The van der Waals surface area contributed by atoms with Crippen LogP contribution in [0.2, 0.25) is 5.15 Å². The molecule has 1 aromatic rings. The highest BCUT2D eigenvalue weighted by atomic mass is 35.5. The lowest BCUT2D eigenvalue weighted by molar-refractivity contribution is 0.0230. The van der Waals surface area contributed by atoms with Crippen molar-refractivity contribution in [3.63, 3.8) is 0 Å². The van der Waals surface area contributed by atoms with Crippen LogP contribution < -0.4 is 0 Å². The topological polar surface area (TPSA) is 35.0 Å². The Balaban J connectivity index is 2.28. The fourth-order valence-corrected chi connectivity index (χ4v) is 2.11. The molecule has 0 amide bonds. The first-order chi connectivity index (χ1) is 8.11. The predicted octanol–water partition coefficient (Wildman–Crippen LogP) is 3.74. The number of halogens is 1. The van der Waals surface area contributed by atoms with Crippen molar-refractivity contribution in [2.75, 3.05) is 6.61 Å².